The molecule has 4 heteroatoms. The molecule has 0 spiro atoms. The van der Waals surface area contributed by atoms with Gasteiger partial charge in [0.15, 0.2) is 0 Å². The fourth-order valence-corrected chi connectivity index (χ4v) is 2.10. The van der Waals surface area contributed by atoms with Crippen LogP contribution in [0.1, 0.15) is 19.8 Å². The Morgan fingerprint density at radius 2 is 2.22 bits per heavy atom. The third-order valence-corrected chi connectivity index (χ3v) is 3.15. The topological polar surface area (TPSA) is 50.4 Å². The Hall–Kier alpha value is -1.55. The van der Waals surface area contributed by atoms with E-state index in [-0.39, 0.29) is 11.4 Å². The summed E-state index contributed by atoms with van der Waals surface area (Å²) >= 11 is 0. The van der Waals surface area contributed by atoms with E-state index >= 15 is 0 Å². The molecule has 1 saturated heterocycles. The monoisotopic (exact) mass is 248 g/mol. The van der Waals surface area contributed by atoms with Crippen LogP contribution in [0, 0.1) is 0 Å². The van der Waals surface area contributed by atoms with Gasteiger partial charge in [0, 0.05) is 6.54 Å². The van der Waals surface area contributed by atoms with Crippen LogP contribution in [0.25, 0.3) is 0 Å². The predicted octanol–water partition coefficient (Wildman–Crippen LogP) is 1.32. The first kappa shape index (κ1) is 12.9. The molecule has 1 amide bonds. The molecule has 4 nitrogen and oxygen atoms in total. The molecule has 1 aromatic carbocycles. The lowest BCUT2D eigenvalue weighted by molar-refractivity contribution is -0.123. The van der Waals surface area contributed by atoms with Crippen molar-refractivity contribution in [2.24, 2.45) is 0 Å². The molecule has 2 N–H and O–H groups in total. The highest BCUT2D eigenvalue weighted by atomic mass is 16.5. The Balaban J connectivity index is 1.69. The minimum absolute atomic E-state index is 0.0529. The van der Waals surface area contributed by atoms with E-state index in [0.717, 1.165) is 25.3 Å². The lowest BCUT2D eigenvalue weighted by atomic mass is 10.0. The van der Waals surface area contributed by atoms with Gasteiger partial charge in [0.05, 0.1) is 18.6 Å². The SMILES string of the molecule is CC1(NC(=O)CCOc2ccccc2)CCNC1. The summed E-state index contributed by atoms with van der Waals surface area (Å²) in [6.07, 6.45) is 1.38. The summed E-state index contributed by atoms with van der Waals surface area (Å²) in [5.41, 5.74) is -0.0934. The normalized spacial score (nSPS) is 22.7. The highest BCUT2D eigenvalue weighted by Crippen LogP contribution is 2.13. The van der Waals surface area contributed by atoms with Gasteiger partial charge >= 0.3 is 0 Å². The molecule has 1 heterocycles. The molecule has 18 heavy (non-hydrogen) atoms. The number of hydrogen-bond donors (Lipinski definition) is 2. The van der Waals surface area contributed by atoms with Crippen molar-refractivity contribution in [2.75, 3.05) is 19.7 Å². The summed E-state index contributed by atoms with van der Waals surface area (Å²) < 4.78 is 5.50. The maximum absolute atomic E-state index is 11.8. The van der Waals surface area contributed by atoms with Gasteiger partial charge in [-0.15, -0.1) is 0 Å². The molecule has 1 atom stereocenters. The smallest absolute Gasteiger partial charge is 0.223 e. The first-order valence-corrected chi connectivity index (χ1v) is 6.38. The van der Waals surface area contributed by atoms with E-state index in [9.17, 15) is 4.79 Å². The summed E-state index contributed by atoms with van der Waals surface area (Å²) in [7, 11) is 0. The van der Waals surface area contributed by atoms with E-state index in [0.29, 0.717) is 13.0 Å². The molecule has 1 aliphatic heterocycles. The van der Waals surface area contributed by atoms with Crippen molar-refractivity contribution in [1.82, 2.24) is 10.6 Å². The van der Waals surface area contributed by atoms with Crippen molar-refractivity contribution in [2.45, 2.75) is 25.3 Å². The lowest BCUT2D eigenvalue weighted by Crippen LogP contribution is -2.47. The van der Waals surface area contributed by atoms with E-state index < -0.39 is 0 Å². The van der Waals surface area contributed by atoms with Gasteiger partial charge in [-0.05, 0) is 32.0 Å². The van der Waals surface area contributed by atoms with E-state index in [4.69, 9.17) is 4.74 Å². The number of nitrogens with one attached hydrogen (secondary N) is 2. The van der Waals surface area contributed by atoms with Crippen LogP contribution in [0.4, 0.5) is 0 Å². The molecule has 98 valence electrons. The lowest BCUT2D eigenvalue weighted by Gasteiger charge is -2.24. The molecule has 1 aromatic rings. The molecule has 0 aromatic heterocycles. The Morgan fingerprint density at radius 1 is 1.44 bits per heavy atom. The molecular formula is C14H20N2O2. The summed E-state index contributed by atoms with van der Waals surface area (Å²) in [6.45, 7) is 4.30. The van der Waals surface area contributed by atoms with Crippen LogP contribution in [0.3, 0.4) is 0 Å². The largest absolute Gasteiger partial charge is 0.493 e. The number of carbonyl (C=O) groups excluding carboxylic acids is 1. The zero-order chi connectivity index (χ0) is 12.8. The van der Waals surface area contributed by atoms with Crippen molar-refractivity contribution >= 4 is 5.91 Å². The molecule has 1 fully saturated rings. The number of para-hydroxylation sites is 1. The number of ether oxygens (including phenoxy) is 1. The Morgan fingerprint density at radius 3 is 2.89 bits per heavy atom. The highest BCUT2D eigenvalue weighted by molar-refractivity contribution is 5.77. The van der Waals surface area contributed by atoms with Gasteiger partial charge in [-0.1, -0.05) is 18.2 Å². The second-order valence-electron chi connectivity index (χ2n) is 4.95. The third kappa shape index (κ3) is 3.74. The second-order valence-corrected chi connectivity index (χ2v) is 4.95. The van der Waals surface area contributed by atoms with Gasteiger partial charge in [-0.3, -0.25) is 4.79 Å². The predicted molar refractivity (Wildman–Crippen MR) is 70.6 cm³/mol. The molecule has 0 bridgehead atoms. The van der Waals surface area contributed by atoms with Crippen LogP contribution < -0.4 is 15.4 Å². The zero-order valence-electron chi connectivity index (χ0n) is 10.7. The number of hydrogen-bond acceptors (Lipinski definition) is 3. The van der Waals surface area contributed by atoms with Crippen molar-refractivity contribution in [1.29, 1.82) is 0 Å². The Bertz CT molecular complexity index is 386. The molecule has 1 unspecified atom stereocenters. The van der Waals surface area contributed by atoms with Gasteiger partial charge in [-0.2, -0.15) is 0 Å². The highest BCUT2D eigenvalue weighted by Gasteiger charge is 2.29. The molecule has 0 saturated carbocycles. The minimum atomic E-state index is -0.0934. The molecule has 0 aliphatic carbocycles. The summed E-state index contributed by atoms with van der Waals surface area (Å²) in [6, 6.07) is 9.55. The van der Waals surface area contributed by atoms with Gasteiger partial charge in [0.2, 0.25) is 5.91 Å². The average molecular weight is 248 g/mol. The van der Waals surface area contributed by atoms with Crippen molar-refractivity contribution in [3.8, 4) is 5.75 Å². The van der Waals surface area contributed by atoms with E-state index in [2.05, 4.69) is 17.6 Å². The van der Waals surface area contributed by atoms with E-state index in [1.165, 1.54) is 0 Å². The summed E-state index contributed by atoms with van der Waals surface area (Å²) in [5.74, 6) is 0.858. The number of carbonyl (C=O) groups is 1. The number of benzene rings is 1. The van der Waals surface area contributed by atoms with E-state index in [1.54, 1.807) is 0 Å². The van der Waals surface area contributed by atoms with Crippen LogP contribution in [-0.2, 0) is 4.79 Å². The first-order valence-electron chi connectivity index (χ1n) is 6.38. The van der Waals surface area contributed by atoms with E-state index in [1.807, 2.05) is 30.3 Å². The van der Waals surface area contributed by atoms with Crippen LogP contribution in [0.15, 0.2) is 30.3 Å². The number of rotatable bonds is 5. The molecule has 0 radical (unpaired) electrons. The van der Waals surface area contributed by atoms with Crippen molar-refractivity contribution < 1.29 is 9.53 Å². The maximum Gasteiger partial charge on any atom is 0.223 e. The standard InChI is InChI=1S/C14H20N2O2/c1-14(8-9-15-11-14)16-13(17)7-10-18-12-5-3-2-4-6-12/h2-6,15H,7-11H2,1H3,(H,16,17). The molecule has 1 aliphatic rings. The van der Waals surface area contributed by atoms with Gasteiger partial charge < -0.3 is 15.4 Å². The van der Waals surface area contributed by atoms with Crippen LogP contribution in [-0.4, -0.2) is 31.1 Å². The summed E-state index contributed by atoms with van der Waals surface area (Å²) in [5, 5.41) is 6.31. The van der Waals surface area contributed by atoms with Gasteiger partial charge in [0.25, 0.3) is 0 Å². The maximum atomic E-state index is 11.8. The van der Waals surface area contributed by atoms with Gasteiger partial charge in [-0.25, -0.2) is 0 Å². The van der Waals surface area contributed by atoms with Crippen LogP contribution in [0.2, 0.25) is 0 Å². The quantitative estimate of drug-likeness (QED) is 0.826. The van der Waals surface area contributed by atoms with Gasteiger partial charge in [0.1, 0.15) is 5.75 Å². The average Bonchev–Trinajstić information content (AvgIpc) is 2.77. The fraction of sp³-hybridized carbons (Fsp3) is 0.500. The van der Waals surface area contributed by atoms with Crippen molar-refractivity contribution in [3.05, 3.63) is 30.3 Å². The van der Waals surface area contributed by atoms with Crippen molar-refractivity contribution in [3.63, 3.8) is 0 Å². The zero-order valence-corrected chi connectivity index (χ0v) is 10.7. The first-order chi connectivity index (χ1) is 8.68. The van der Waals surface area contributed by atoms with Crippen LogP contribution in [0.5, 0.6) is 5.75 Å². The Labute approximate surface area is 108 Å². The summed E-state index contributed by atoms with van der Waals surface area (Å²) in [4.78, 5) is 11.8. The minimum Gasteiger partial charge on any atom is -0.493 e. The molecule has 2 rings (SSSR count). The van der Waals surface area contributed by atoms with Crippen LogP contribution >= 0.6 is 0 Å². The second kappa shape index (κ2) is 5.87. The third-order valence-electron chi connectivity index (χ3n) is 3.15. The number of amides is 1. The fourth-order valence-electron chi connectivity index (χ4n) is 2.10. The Kier molecular flexibility index (Phi) is 4.20. The molecular weight excluding hydrogens is 228 g/mol.